The number of nitrogens with zero attached hydrogens (tertiary/aromatic N) is 1. The maximum Gasteiger partial charge on any atom is 0.320 e. The summed E-state index contributed by atoms with van der Waals surface area (Å²) in [6.07, 6.45) is 4.51. The summed E-state index contributed by atoms with van der Waals surface area (Å²) >= 11 is 0. The summed E-state index contributed by atoms with van der Waals surface area (Å²) in [4.78, 5) is 14.3. The van der Waals surface area contributed by atoms with Gasteiger partial charge in [0, 0.05) is 13.2 Å². The molecule has 1 N–H and O–H groups in total. The molecule has 1 heterocycles. The second kappa shape index (κ2) is 7.59. The second-order valence-corrected chi connectivity index (χ2v) is 7.43. The van der Waals surface area contributed by atoms with E-state index in [-0.39, 0.29) is 18.7 Å². The van der Waals surface area contributed by atoms with Crippen LogP contribution in [0.2, 0.25) is 0 Å². The molecule has 4 heteroatoms. The number of hydrogen-bond donors (Lipinski definition) is 1. The molecule has 1 saturated carbocycles. The highest BCUT2D eigenvalue weighted by molar-refractivity contribution is 5.72. The van der Waals surface area contributed by atoms with Crippen molar-refractivity contribution in [1.29, 1.82) is 0 Å². The highest BCUT2D eigenvalue weighted by atomic mass is 16.5. The van der Waals surface area contributed by atoms with Crippen LogP contribution in [0.4, 0.5) is 0 Å². The van der Waals surface area contributed by atoms with Gasteiger partial charge in [-0.15, -0.1) is 0 Å². The molecule has 0 aromatic heterocycles. The van der Waals surface area contributed by atoms with Crippen LogP contribution in [0.25, 0.3) is 0 Å². The molecule has 0 aromatic rings. The number of esters is 1. The van der Waals surface area contributed by atoms with Crippen molar-refractivity contribution in [2.75, 3.05) is 26.2 Å². The zero-order valence-electron chi connectivity index (χ0n) is 13.8. The smallest absolute Gasteiger partial charge is 0.320 e. The van der Waals surface area contributed by atoms with E-state index in [1.165, 1.54) is 12.8 Å². The minimum Gasteiger partial charge on any atom is -0.461 e. The number of aliphatic hydroxyl groups is 1. The molecule has 4 nitrogen and oxygen atoms in total. The summed E-state index contributed by atoms with van der Waals surface area (Å²) in [5, 5.41) is 9.16. The lowest BCUT2D eigenvalue weighted by Gasteiger charge is -2.37. The van der Waals surface area contributed by atoms with Gasteiger partial charge in [-0.05, 0) is 49.5 Å². The van der Waals surface area contributed by atoms with Gasteiger partial charge in [-0.3, -0.25) is 9.69 Å². The predicted octanol–water partition coefficient (Wildman–Crippen LogP) is 2.30. The Morgan fingerprint density at radius 1 is 1.33 bits per heavy atom. The standard InChI is InChI=1S/C17H31NO3/c1-12(2)15-5-4-13(3)8-16(15)21-17(20)10-18-7-6-14(9-18)11-19/h12-16,19H,4-11H2,1-3H3. The first-order chi connectivity index (χ1) is 9.99. The van der Waals surface area contributed by atoms with Crippen molar-refractivity contribution in [3.8, 4) is 0 Å². The van der Waals surface area contributed by atoms with Crippen LogP contribution in [-0.2, 0) is 9.53 Å². The van der Waals surface area contributed by atoms with E-state index in [2.05, 4.69) is 25.7 Å². The largest absolute Gasteiger partial charge is 0.461 e. The van der Waals surface area contributed by atoms with E-state index in [4.69, 9.17) is 9.84 Å². The van der Waals surface area contributed by atoms with Gasteiger partial charge in [0.2, 0.25) is 0 Å². The Balaban J connectivity index is 1.82. The van der Waals surface area contributed by atoms with Gasteiger partial charge >= 0.3 is 5.97 Å². The fourth-order valence-corrected chi connectivity index (χ4v) is 3.84. The van der Waals surface area contributed by atoms with Crippen molar-refractivity contribution < 1.29 is 14.6 Å². The minimum atomic E-state index is -0.0849. The van der Waals surface area contributed by atoms with Crippen LogP contribution in [0.5, 0.6) is 0 Å². The summed E-state index contributed by atoms with van der Waals surface area (Å²) in [6.45, 7) is 9.04. The lowest BCUT2D eigenvalue weighted by Crippen LogP contribution is -2.38. The molecule has 122 valence electrons. The number of hydrogen-bond acceptors (Lipinski definition) is 4. The van der Waals surface area contributed by atoms with Crippen LogP contribution in [0.3, 0.4) is 0 Å². The molecular weight excluding hydrogens is 266 g/mol. The quantitative estimate of drug-likeness (QED) is 0.791. The first kappa shape index (κ1) is 16.8. The Morgan fingerprint density at radius 3 is 2.71 bits per heavy atom. The van der Waals surface area contributed by atoms with Crippen LogP contribution in [0.15, 0.2) is 0 Å². The number of carbonyl (C=O) groups is 1. The van der Waals surface area contributed by atoms with Crippen molar-refractivity contribution in [2.45, 2.75) is 52.6 Å². The lowest BCUT2D eigenvalue weighted by molar-refractivity contribution is -0.157. The fourth-order valence-electron chi connectivity index (χ4n) is 3.84. The zero-order valence-corrected chi connectivity index (χ0v) is 13.8. The summed E-state index contributed by atoms with van der Waals surface area (Å²) in [5.74, 6) is 1.98. The first-order valence-electron chi connectivity index (χ1n) is 8.52. The van der Waals surface area contributed by atoms with Gasteiger partial charge < -0.3 is 9.84 Å². The predicted molar refractivity (Wildman–Crippen MR) is 82.9 cm³/mol. The summed E-state index contributed by atoms with van der Waals surface area (Å²) < 4.78 is 5.82. The monoisotopic (exact) mass is 297 g/mol. The first-order valence-corrected chi connectivity index (χ1v) is 8.52. The molecule has 4 atom stereocenters. The normalized spacial score (nSPS) is 34.3. The van der Waals surface area contributed by atoms with Crippen LogP contribution in [0, 0.1) is 23.7 Å². The van der Waals surface area contributed by atoms with Gasteiger partial charge in [-0.2, -0.15) is 0 Å². The molecule has 2 fully saturated rings. The Kier molecular flexibility index (Phi) is 6.06. The Labute approximate surface area is 128 Å². The molecule has 4 unspecified atom stereocenters. The van der Waals surface area contributed by atoms with E-state index in [9.17, 15) is 4.79 Å². The average Bonchev–Trinajstić information content (AvgIpc) is 2.85. The third kappa shape index (κ3) is 4.68. The van der Waals surface area contributed by atoms with E-state index < -0.39 is 0 Å². The van der Waals surface area contributed by atoms with E-state index >= 15 is 0 Å². The van der Waals surface area contributed by atoms with E-state index in [1.807, 2.05) is 0 Å². The van der Waals surface area contributed by atoms with Gasteiger partial charge in [-0.25, -0.2) is 0 Å². The van der Waals surface area contributed by atoms with Crippen LogP contribution < -0.4 is 0 Å². The second-order valence-electron chi connectivity index (χ2n) is 7.43. The van der Waals surface area contributed by atoms with Gasteiger partial charge in [0.15, 0.2) is 0 Å². The van der Waals surface area contributed by atoms with Gasteiger partial charge in [0.25, 0.3) is 0 Å². The molecule has 2 rings (SSSR count). The fraction of sp³-hybridized carbons (Fsp3) is 0.941. The van der Waals surface area contributed by atoms with Crippen LogP contribution >= 0.6 is 0 Å². The number of rotatable bonds is 5. The molecule has 1 saturated heterocycles. The SMILES string of the molecule is CC1CCC(C(C)C)C(OC(=O)CN2CCC(CO)C2)C1. The molecule has 1 aliphatic heterocycles. The minimum absolute atomic E-state index is 0.0849. The number of aliphatic hydroxyl groups excluding tert-OH is 1. The van der Waals surface area contributed by atoms with Crippen molar-refractivity contribution in [3.05, 3.63) is 0 Å². The maximum absolute atomic E-state index is 12.2. The van der Waals surface area contributed by atoms with Crippen molar-refractivity contribution in [1.82, 2.24) is 4.90 Å². The van der Waals surface area contributed by atoms with Crippen molar-refractivity contribution in [2.24, 2.45) is 23.7 Å². The number of carbonyl (C=O) groups excluding carboxylic acids is 1. The molecule has 21 heavy (non-hydrogen) atoms. The maximum atomic E-state index is 12.2. The zero-order chi connectivity index (χ0) is 15.4. The van der Waals surface area contributed by atoms with Crippen molar-refractivity contribution in [3.63, 3.8) is 0 Å². The highest BCUT2D eigenvalue weighted by Gasteiger charge is 2.34. The van der Waals surface area contributed by atoms with Crippen LogP contribution in [0.1, 0.15) is 46.5 Å². The highest BCUT2D eigenvalue weighted by Crippen LogP contribution is 2.35. The third-order valence-electron chi connectivity index (χ3n) is 5.23. The molecule has 1 aliphatic carbocycles. The summed E-state index contributed by atoms with van der Waals surface area (Å²) in [7, 11) is 0. The molecule has 0 aromatic carbocycles. The Hall–Kier alpha value is -0.610. The van der Waals surface area contributed by atoms with Gasteiger partial charge in [0.1, 0.15) is 6.10 Å². The van der Waals surface area contributed by atoms with E-state index in [1.54, 1.807) is 0 Å². The third-order valence-corrected chi connectivity index (χ3v) is 5.23. The Bertz CT molecular complexity index is 345. The average molecular weight is 297 g/mol. The molecule has 0 amide bonds. The van der Waals surface area contributed by atoms with Gasteiger partial charge in [-0.1, -0.05) is 27.2 Å². The molecule has 0 bridgehead atoms. The summed E-state index contributed by atoms with van der Waals surface area (Å²) in [5.41, 5.74) is 0. The molecule has 0 radical (unpaired) electrons. The molecule has 0 spiro atoms. The lowest BCUT2D eigenvalue weighted by atomic mass is 9.75. The van der Waals surface area contributed by atoms with Crippen LogP contribution in [-0.4, -0.2) is 48.3 Å². The van der Waals surface area contributed by atoms with E-state index in [0.29, 0.717) is 30.2 Å². The number of likely N-dealkylation sites (tertiary alicyclic amines) is 1. The Morgan fingerprint density at radius 2 is 2.10 bits per heavy atom. The summed E-state index contributed by atoms with van der Waals surface area (Å²) in [6, 6.07) is 0. The molecule has 2 aliphatic rings. The van der Waals surface area contributed by atoms with E-state index in [0.717, 1.165) is 25.9 Å². The van der Waals surface area contributed by atoms with Crippen molar-refractivity contribution >= 4 is 5.97 Å². The number of ether oxygens (including phenoxy) is 1. The molecular formula is C17H31NO3. The van der Waals surface area contributed by atoms with Gasteiger partial charge in [0.05, 0.1) is 6.54 Å². The topological polar surface area (TPSA) is 49.8 Å².